The van der Waals surface area contributed by atoms with Gasteiger partial charge < -0.3 is 9.53 Å². The quantitative estimate of drug-likeness (QED) is 0.181. The minimum atomic E-state index is -0.0884. The maximum absolute atomic E-state index is 10.9. The first kappa shape index (κ1) is 20.2. The normalized spacial score (nSPS) is 10.3. The van der Waals surface area contributed by atoms with Gasteiger partial charge >= 0.3 is 5.97 Å². The van der Waals surface area contributed by atoms with E-state index in [2.05, 4.69) is 12.0 Å². The smallest absolute Gasteiger partial charge is 0.305 e. The number of unbranched alkanes of at least 4 members (excludes halogenated alkanes) is 9. The van der Waals surface area contributed by atoms with Crippen LogP contribution in [0.4, 0.5) is 0 Å². The largest absolute Gasteiger partial charge is 0.469 e. The van der Waals surface area contributed by atoms with Crippen molar-refractivity contribution < 1.29 is 14.3 Å². The van der Waals surface area contributed by atoms with E-state index in [9.17, 15) is 9.59 Å². The first-order chi connectivity index (χ1) is 10.3. The molecule has 0 aliphatic carbocycles. The maximum atomic E-state index is 10.9. The molecular weight excluding hydrogens is 263 g/mol. The van der Waals surface area contributed by atoms with Crippen LogP contribution >= 0.6 is 0 Å². The van der Waals surface area contributed by atoms with Crippen LogP contribution in [-0.2, 0) is 14.3 Å². The summed E-state index contributed by atoms with van der Waals surface area (Å²) in [6, 6.07) is 0. The first-order valence-electron chi connectivity index (χ1n) is 8.63. The lowest BCUT2D eigenvalue weighted by atomic mass is 9.68. The van der Waals surface area contributed by atoms with Gasteiger partial charge in [0.15, 0.2) is 0 Å². The minimum absolute atomic E-state index is 0.0884. The fourth-order valence-corrected chi connectivity index (χ4v) is 2.38. The Labute approximate surface area is 131 Å². The van der Waals surface area contributed by atoms with Crippen LogP contribution in [0.15, 0.2) is 0 Å². The molecule has 3 nitrogen and oxygen atoms in total. The van der Waals surface area contributed by atoms with Crippen LogP contribution in [0.1, 0.15) is 77.0 Å². The lowest BCUT2D eigenvalue weighted by Crippen LogP contribution is -1.99. The number of ether oxygens (including phenoxy) is 1. The Balaban J connectivity index is 2.99. The molecule has 0 heterocycles. The van der Waals surface area contributed by atoms with Crippen LogP contribution in [0.3, 0.4) is 0 Å². The van der Waals surface area contributed by atoms with Crippen LogP contribution in [0.2, 0.25) is 12.6 Å². The van der Waals surface area contributed by atoms with Gasteiger partial charge in [0, 0.05) is 12.8 Å². The molecule has 0 aliphatic rings. The summed E-state index contributed by atoms with van der Waals surface area (Å²) in [5.74, 6) is -0.0884. The van der Waals surface area contributed by atoms with Crippen LogP contribution < -0.4 is 0 Å². The minimum Gasteiger partial charge on any atom is -0.469 e. The molecule has 21 heavy (non-hydrogen) atoms. The summed E-state index contributed by atoms with van der Waals surface area (Å²) in [6.07, 6.45) is 16.7. The van der Waals surface area contributed by atoms with E-state index in [0.29, 0.717) is 6.42 Å². The predicted octanol–water partition coefficient (Wildman–Crippen LogP) is 4.58. The molecule has 121 valence electrons. The molecule has 0 saturated carbocycles. The standard InChI is InChI=1S/C17H32BO3/c1-21-17(20)13-9-5-4-7-11-15-18-14-10-6-2-3-8-12-16-19/h16H,2-15H2,1H3. The van der Waals surface area contributed by atoms with Crippen molar-refractivity contribution in [1.29, 1.82) is 0 Å². The van der Waals surface area contributed by atoms with Crippen molar-refractivity contribution in [3.05, 3.63) is 0 Å². The second-order valence-corrected chi connectivity index (χ2v) is 5.68. The number of rotatable bonds is 16. The highest BCUT2D eigenvalue weighted by Crippen LogP contribution is 2.10. The van der Waals surface area contributed by atoms with Gasteiger partial charge in [-0.3, -0.25) is 4.79 Å². The van der Waals surface area contributed by atoms with Gasteiger partial charge in [-0.15, -0.1) is 0 Å². The lowest BCUT2D eigenvalue weighted by Gasteiger charge is -2.02. The van der Waals surface area contributed by atoms with Crippen LogP contribution in [0, 0.1) is 0 Å². The molecule has 0 amide bonds. The van der Waals surface area contributed by atoms with Gasteiger partial charge in [0.25, 0.3) is 0 Å². The van der Waals surface area contributed by atoms with Crippen molar-refractivity contribution in [3.8, 4) is 0 Å². The van der Waals surface area contributed by atoms with E-state index < -0.39 is 0 Å². The highest BCUT2D eigenvalue weighted by Gasteiger charge is 1.99. The van der Waals surface area contributed by atoms with E-state index in [1.165, 1.54) is 64.7 Å². The molecule has 0 aliphatic heterocycles. The number of hydrogen-bond donors (Lipinski definition) is 0. The van der Waals surface area contributed by atoms with Gasteiger partial charge in [0.1, 0.15) is 13.6 Å². The zero-order chi connectivity index (χ0) is 15.6. The van der Waals surface area contributed by atoms with Crippen molar-refractivity contribution in [1.82, 2.24) is 0 Å². The second-order valence-electron chi connectivity index (χ2n) is 5.68. The van der Waals surface area contributed by atoms with Gasteiger partial charge in [0.05, 0.1) is 7.11 Å². The first-order valence-corrected chi connectivity index (χ1v) is 8.63. The topological polar surface area (TPSA) is 43.4 Å². The van der Waals surface area contributed by atoms with E-state index in [4.69, 9.17) is 0 Å². The van der Waals surface area contributed by atoms with E-state index in [0.717, 1.165) is 32.0 Å². The van der Waals surface area contributed by atoms with E-state index in [-0.39, 0.29) is 5.97 Å². The van der Waals surface area contributed by atoms with Crippen molar-refractivity contribution >= 4 is 19.5 Å². The highest BCUT2D eigenvalue weighted by molar-refractivity contribution is 6.35. The Morgan fingerprint density at radius 3 is 1.95 bits per heavy atom. The maximum Gasteiger partial charge on any atom is 0.305 e. The fourth-order valence-electron chi connectivity index (χ4n) is 2.38. The molecular formula is C17H32BO3. The monoisotopic (exact) mass is 295 g/mol. The summed E-state index contributed by atoms with van der Waals surface area (Å²) in [6.45, 7) is 0. The number of methoxy groups -OCH3 is 1. The molecule has 0 saturated heterocycles. The predicted molar refractivity (Wildman–Crippen MR) is 88.9 cm³/mol. The molecule has 0 spiro atoms. The zero-order valence-corrected chi connectivity index (χ0v) is 13.8. The summed E-state index contributed by atoms with van der Waals surface area (Å²) >= 11 is 0. The number of carbonyl (C=O) groups is 2. The number of carbonyl (C=O) groups excluding carboxylic acids is 2. The average molecular weight is 295 g/mol. The molecule has 0 aromatic carbocycles. The van der Waals surface area contributed by atoms with Crippen molar-refractivity contribution in [2.75, 3.05) is 7.11 Å². The summed E-state index contributed by atoms with van der Waals surface area (Å²) in [5, 5.41) is 0. The number of esters is 1. The summed E-state index contributed by atoms with van der Waals surface area (Å²) in [4.78, 5) is 21.0. The Morgan fingerprint density at radius 2 is 1.38 bits per heavy atom. The van der Waals surface area contributed by atoms with Crippen molar-refractivity contribution in [3.63, 3.8) is 0 Å². The third-order valence-electron chi connectivity index (χ3n) is 3.75. The Bertz CT molecular complexity index is 244. The molecule has 1 radical (unpaired) electrons. The van der Waals surface area contributed by atoms with Gasteiger partial charge in [0.2, 0.25) is 0 Å². The van der Waals surface area contributed by atoms with Gasteiger partial charge in [-0.1, -0.05) is 64.0 Å². The fraction of sp³-hybridized carbons (Fsp3) is 0.882. The van der Waals surface area contributed by atoms with E-state index >= 15 is 0 Å². The highest BCUT2D eigenvalue weighted by atomic mass is 16.5. The number of aldehydes is 1. The third-order valence-corrected chi connectivity index (χ3v) is 3.75. The molecule has 0 rings (SSSR count). The molecule has 0 aromatic heterocycles. The SMILES string of the molecule is COC(=O)CCCCCCC[B]CCCCCCCC=O. The number of hydrogen-bond acceptors (Lipinski definition) is 3. The molecule has 0 aromatic rings. The van der Waals surface area contributed by atoms with E-state index in [1.807, 2.05) is 0 Å². The van der Waals surface area contributed by atoms with Crippen molar-refractivity contribution in [2.45, 2.75) is 89.7 Å². The molecule has 0 atom stereocenters. The summed E-state index contributed by atoms with van der Waals surface area (Å²) in [7, 11) is 3.86. The van der Waals surface area contributed by atoms with Crippen LogP contribution in [0.25, 0.3) is 0 Å². The van der Waals surface area contributed by atoms with Gasteiger partial charge in [-0.25, -0.2) is 0 Å². The van der Waals surface area contributed by atoms with Crippen LogP contribution in [0.5, 0.6) is 0 Å². The Hall–Kier alpha value is -0.795. The Morgan fingerprint density at radius 1 is 0.857 bits per heavy atom. The second kappa shape index (κ2) is 17.3. The van der Waals surface area contributed by atoms with Gasteiger partial charge in [-0.05, 0) is 12.8 Å². The van der Waals surface area contributed by atoms with Crippen molar-refractivity contribution in [2.24, 2.45) is 0 Å². The van der Waals surface area contributed by atoms with Crippen LogP contribution in [-0.4, -0.2) is 26.6 Å². The van der Waals surface area contributed by atoms with E-state index in [1.54, 1.807) is 0 Å². The molecule has 4 heteroatoms. The summed E-state index contributed by atoms with van der Waals surface area (Å²) in [5.41, 5.74) is 0. The van der Waals surface area contributed by atoms with Gasteiger partial charge in [-0.2, -0.15) is 0 Å². The molecule has 0 bridgehead atoms. The summed E-state index contributed by atoms with van der Waals surface area (Å²) < 4.78 is 4.61. The zero-order valence-electron chi connectivity index (χ0n) is 13.8. The third kappa shape index (κ3) is 17.2. The average Bonchev–Trinajstić information content (AvgIpc) is 2.50. The molecule has 0 unspecified atom stereocenters. The molecule has 0 N–H and O–H groups in total. The lowest BCUT2D eigenvalue weighted by molar-refractivity contribution is -0.140. The molecule has 0 fully saturated rings. The Kier molecular flexibility index (Phi) is 16.6.